The molecule has 1 heterocycles. The minimum atomic E-state index is -0.349. The van der Waals surface area contributed by atoms with Crippen LogP contribution in [0.2, 0.25) is 5.02 Å². The van der Waals surface area contributed by atoms with Crippen LogP contribution < -0.4 is 10.6 Å². The second kappa shape index (κ2) is 7.04. The summed E-state index contributed by atoms with van der Waals surface area (Å²) in [4.78, 5) is 8.40. The Morgan fingerprint density at radius 2 is 2.14 bits per heavy atom. The quantitative estimate of drug-likeness (QED) is 0.782. The van der Waals surface area contributed by atoms with E-state index >= 15 is 0 Å². The van der Waals surface area contributed by atoms with Crippen molar-refractivity contribution in [2.75, 3.05) is 17.2 Å². The molecule has 0 unspecified atom stereocenters. The van der Waals surface area contributed by atoms with Crippen LogP contribution in [0.4, 0.5) is 21.8 Å². The maximum absolute atomic E-state index is 13.6. The van der Waals surface area contributed by atoms with Gasteiger partial charge in [0, 0.05) is 12.2 Å². The Morgan fingerprint density at radius 3 is 2.86 bits per heavy atom. The lowest BCUT2D eigenvalue weighted by Crippen LogP contribution is -2.06. The van der Waals surface area contributed by atoms with Gasteiger partial charge in [0.2, 0.25) is 5.95 Å². The monoisotopic (exact) mass is 372 g/mol. The number of aromatic nitrogens is 2. The molecule has 0 fully saturated rings. The zero-order valence-electron chi connectivity index (χ0n) is 11.7. The average Bonchev–Trinajstić information content (AvgIpc) is 2.45. The van der Waals surface area contributed by atoms with Crippen LogP contribution in [0.1, 0.15) is 18.9 Å². The first-order valence-electron chi connectivity index (χ1n) is 6.50. The van der Waals surface area contributed by atoms with Crippen LogP contribution in [0.15, 0.2) is 22.8 Å². The number of hydrogen-bond acceptors (Lipinski definition) is 4. The molecule has 2 rings (SSSR count). The maximum Gasteiger partial charge on any atom is 0.224 e. The van der Waals surface area contributed by atoms with E-state index in [-0.39, 0.29) is 5.82 Å². The SMILES string of the molecule is CCCNc1ncc(Cl)c(Nc2cc(F)c(Br)cc2C)n1. The summed E-state index contributed by atoms with van der Waals surface area (Å²) < 4.78 is 14.1. The molecular formula is C14H15BrClFN4. The third-order valence-corrected chi connectivity index (χ3v) is 3.68. The number of hydrogen-bond donors (Lipinski definition) is 2. The van der Waals surface area contributed by atoms with E-state index in [1.165, 1.54) is 12.3 Å². The minimum Gasteiger partial charge on any atom is -0.354 e. The van der Waals surface area contributed by atoms with Crippen LogP contribution in [-0.2, 0) is 0 Å². The largest absolute Gasteiger partial charge is 0.354 e. The molecule has 1 aromatic carbocycles. The molecule has 2 aromatic rings. The topological polar surface area (TPSA) is 49.8 Å². The van der Waals surface area contributed by atoms with Gasteiger partial charge in [-0.1, -0.05) is 18.5 Å². The van der Waals surface area contributed by atoms with Gasteiger partial charge in [-0.2, -0.15) is 4.98 Å². The molecule has 0 bridgehead atoms. The first-order chi connectivity index (χ1) is 10.0. The highest BCUT2D eigenvalue weighted by atomic mass is 79.9. The molecule has 21 heavy (non-hydrogen) atoms. The highest BCUT2D eigenvalue weighted by Gasteiger charge is 2.10. The van der Waals surface area contributed by atoms with Crippen LogP contribution in [0.25, 0.3) is 0 Å². The number of rotatable bonds is 5. The summed E-state index contributed by atoms with van der Waals surface area (Å²) in [6.45, 7) is 4.70. The number of benzene rings is 1. The molecule has 0 aliphatic heterocycles. The van der Waals surface area contributed by atoms with E-state index in [4.69, 9.17) is 11.6 Å². The van der Waals surface area contributed by atoms with Crippen molar-refractivity contribution >= 4 is 45.0 Å². The van der Waals surface area contributed by atoms with Crippen LogP contribution in [0, 0.1) is 12.7 Å². The van der Waals surface area contributed by atoms with Crippen LogP contribution in [0.3, 0.4) is 0 Å². The Balaban J connectivity index is 2.28. The Morgan fingerprint density at radius 1 is 1.38 bits per heavy atom. The van der Waals surface area contributed by atoms with E-state index in [1.807, 2.05) is 6.92 Å². The van der Waals surface area contributed by atoms with E-state index in [0.29, 0.717) is 26.9 Å². The third kappa shape index (κ3) is 4.04. The molecular weight excluding hydrogens is 359 g/mol. The summed E-state index contributed by atoms with van der Waals surface area (Å²) in [5.41, 5.74) is 1.48. The summed E-state index contributed by atoms with van der Waals surface area (Å²) in [6.07, 6.45) is 2.48. The molecule has 0 radical (unpaired) electrons. The van der Waals surface area contributed by atoms with Gasteiger partial charge in [0.05, 0.1) is 10.7 Å². The van der Waals surface area contributed by atoms with Gasteiger partial charge in [0.15, 0.2) is 5.82 Å². The summed E-state index contributed by atoms with van der Waals surface area (Å²) in [6, 6.07) is 3.10. The first-order valence-corrected chi connectivity index (χ1v) is 7.67. The Labute approximate surface area is 136 Å². The molecule has 4 nitrogen and oxygen atoms in total. The van der Waals surface area contributed by atoms with E-state index < -0.39 is 0 Å². The number of nitrogens with one attached hydrogen (secondary N) is 2. The molecule has 0 saturated carbocycles. The van der Waals surface area contributed by atoms with Crippen molar-refractivity contribution < 1.29 is 4.39 Å². The summed E-state index contributed by atoms with van der Waals surface area (Å²) in [5, 5.41) is 6.50. The lowest BCUT2D eigenvalue weighted by molar-refractivity contribution is 0.621. The Kier molecular flexibility index (Phi) is 5.36. The fourth-order valence-electron chi connectivity index (χ4n) is 1.69. The smallest absolute Gasteiger partial charge is 0.224 e. The van der Waals surface area contributed by atoms with Gasteiger partial charge in [-0.05, 0) is 47.0 Å². The van der Waals surface area contributed by atoms with Crippen molar-refractivity contribution in [3.05, 3.63) is 39.2 Å². The van der Waals surface area contributed by atoms with Gasteiger partial charge < -0.3 is 10.6 Å². The summed E-state index contributed by atoms with van der Waals surface area (Å²) in [7, 11) is 0. The number of aryl methyl sites for hydroxylation is 1. The molecule has 0 aliphatic rings. The normalized spacial score (nSPS) is 10.5. The second-order valence-electron chi connectivity index (χ2n) is 4.52. The molecule has 0 aliphatic carbocycles. The van der Waals surface area contributed by atoms with E-state index in [0.717, 1.165) is 18.5 Å². The van der Waals surface area contributed by atoms with Gasteiger partial charge in [-0.15, -0.1) is 0 Å². The van der Waals surface area contributed by atoms with Gasteiger partial charge in [0.25, 0.3) is 0 Å². The lowest BCUT2D eigenvalue weighted by atomic mass is 10.2. The van der Waals surface area contributed by atoms with E-state index in [9.17, 15) is 4.39 Å². The zero-order valence-corrected chi connectivity index (χ0v) is 14.0. The molecule has 1 aromatic heterocycles. The Bertz CT molecular complexity index is 651. The fourth-order valence-corrected chi connectivity index (χ4v) is 2.28. The number of anilines is 3. The molecule has 0 amide bonds. The highest BCUT2D eigenvalue weighted by Crippen LogP contribution is 2.29. The minimum absolute atomic E-state index is 0.349. The van der Waals surface area contributed by atoms with Crippen LogP contribution >= 0.6 is 27.5 Å². The molecule has 0 spiro atoms. The average molecular weight is 374 g/mol. The second-order valence-corrected chi connectivity index (χ2v) is 5.78. The predicted molar refractivity (Wildman–Crippen MR) is 87.9 cm³/mol. The fraction of sp³-hybridized carbons (Fsp3) is 0.286. The summed E-state index contributed by atoms with van der Waals surface area (Å²) >= 11 is 9.24. The van der Waals surface area contributed by atoms with Gasteiger partial charge in [0.1, 0.15) is 10.8 Å². The molecule has 2 N–H and O–H groups in total. The third-order valence-electron chi connectivity index (χ3n) is 2.80. The standard InChI is InChI=1S/C14H15BrClFN4/c1-3-4-18-14-19-7-10(16)13(21-14)20-12-6-11(17)9(15)5-8(12)2/h5-7H,3-4H2,1-2H3,(H2,18,19,20,21). The van der Waals surface area contributed by atoms with Crippen molar-refractivity contribution in [1.29, 1.82) is 0 Å². The van der Waals surface area contributed by atoms with Crippen molar-refractivity contribution in [2.45, 2.75) is 20.3 Å². The Hall–Kier alpha value is -1.40. The van der Waals surface area contributed by atoms with Crippen LogP contribution in [-0.4, -0.2) is 16.5 Å². The van der Waals surface area contributed by atoms with Gasteiger partial charge in [-0.25, -0.2) is 9.37 Å². The first kappa shape index (κ1) is 16.0. The number of nitrogens with zero attached hydrogens (tertiary/aromatic N) is 2. The summed E-state index contributed by atoms with van der Waals surface area (Å²) in [5.74, 6) is 0.576. The zero-order chi connectivity index (χ0) is 15.4. The van der Waals surface area contributed by atoms with Crippen molar-refractivity contribution in [3.63, 3.8) is 0 Å². The highest BCUT2D eigenvalue weighted by molar-refractivity contribution is 9.10. The van der Waals surface area contributed by atoms with Gasteiger partial charge >= 0.3 is 0 Å². The molecule has 0 atom stereocenters. The molecule has 0 saturated heterocycles. The van der Waals surface area contributed by atoms with Gasteiger partial charge in [-0.3, -0.25) is 0 Å². The molecule has 7 heteroatoms. The van der Waals surface area contributed by atoms with Crippen LogP contribution in [0.5, 0.6) is 0 Å². The van der Waals surface area contributed by atoms with Crippen molar-refractivity contribution in [1.82, 2.24) is 9.97 Å². The molecule has 112 valence electrons. The van der Waals surface area contributed by atoms with Crippen molar-refractivity contribution in [3.8, 4) is 0 Å². The van der Waals surface area contributed by atoms with Crippen molar-refractivity contribution in [2.24, 2.45) is 0 Å². The lowest BCUT2D eigenvalue weighted by Gasteiger charge is -2.12. The van der Waals surface area contributed by atoms with E-state index in [2.05, 4.69) is 43.5 Å². The number of halogens is 3. The van der Waals surface area contributed by atoms with E-state index in [1.54, 1.807) is 6.07 Å². The predicted octanol–water partition coefficient (Wildman–Crippen LogP) is 4.91. The maximum atomic E-state index is 13.6.